The van der Waals surface area contributed by atoms with Crippen molar-refractivity contribution in [2.45, 2.75) is 25.8 Å². The minimum atomic E-state index is -0.470. The first kappa shape index (κ1) is 17.8. The predicted molar refractivity (Wildman–Crippen MR) is 102 cm³/mol. The van der Waals surface area contributed by atoms with Crippen LogP contribution in [0.4, 0.5) is 16.2 Å². The van der Waals surface area contributed by atoms with Crippen LogP contribution in [-0.4, -0.2) is 36.5 Å². The minimum Gasteiger partial charge on any atom is -0.497 e. The summed E-state index contributed by atoms with van der Waals surface area (Å²) in [4.78, 5) is 26.8. The summed E-state index contributed by atoms with van der Waals surface area (Å²) in [5.74, 6) is 0.551. The highest BCUT2D eigenvalue weighted by molar-refractivity contribution is 5.99. The van der Waals surface area contributed by atoms with Crippen molar-refractivity contribution >= 4 is 23.3 Å². The Balaban J connectivity index is 1.64. The number of carbonyl (C=O) groups is 2. The molecule has 0 aliphatic carbocycles. The fraction of sp³-hybridized carbons (Fsp3) is 0.300. The smallest absolute Gasteiger partial charge is 0.322 e. The Labute approximate surface area is 153 Å². The molecule has 3 rings (SSSR count). The number of anilines is 2. The third-order valence-corrected chi connectivity index (χ3v) is 4.44. The summed E-state index contributed by atoms with van der Waals surface area (Å²) in [6.07, 6.45) is 1.46. The van der Waals surface area contributed by atoms with Gasteiger partial charge in [0.1, 0.15) is 11.8 Å². The fourth-order valence-electron chi connectivity index (χ4n) is 3.10. The molecule has 1 saturated heterocycles. The summed E-state index contributed by atoms with van der Waals surface area (Å²) in [6.45, 7) is 2.54. The first-order valence-corrected chi connectivity index (χ1v) is 8.66. The summed E-state index contributed by atoms with van der Waals surface area (Å²) < 4.78 is 5.11. The second-order valence-electron chi connectivity index (χ2n) is 6.37. The molecule has 1 heterocycles. The number of hydrogen-bond acceptors (Lipinski definition) is 3. The molecule has 1 atom stereocenters. The van der Waals surface area contributed by atoms with Gasteiger partial charge in [-0.15, -0.1) is 0 Å². The number of carbonyl (C=O) groups excluding carboxylic acids is 2. The second kappa shape index (κ2) is 7.91. The first-order chi connectivity index (χ1) is 12.6. The summed E-state index contributed by atoms with van der Waals surface area (Å²) >= 11 is 0. The number of benzene rings is 2. The van der Waals surface area contributed by atoms with Gasteiger partial charge in [-0.2, -0.15) is 0 Å². The van der Waals surface area contributed by atoms with Gasteiger partial charge < -0.3 is 20.3 Å². The molecule has 0 radical (unpaired) electrons. The number of amides is 3. The van der Waals surface area contributed by atoms with Crippen molar-refractivity contribution in [1.29, 1.82) is 0 Å². The van der Waals surface area contributed by atoms with Crippen molar-refractivity contribution < 1.29 is 14.3 Å². The summed E-state index contributed by atoms with van der Waals surface area (Å²) in [5, 5.41) is 5.76. The van der Waals surface area contributed by atoms with Gasteiger partial charge in [0.25, 0.3) is 0 Å². The van der Waals surface area contributed by atoms with Crippen LogP contribution in [0, 0.1) is 6.92 Å². The highest BCUT2D eigenvalue weighted by atomic mass is 16.5. The van der Waals surface area contributed by atoms with Gasteiger partial charge in [-0.05, 0) is 61.7 Å². The Kier molecular flexibility index (Phi) is 5.41. The van der Waals surface area contributed by atoms with Crippen LogP contribution >= 0.6 is 0 Å². The van der Waals surface area contributed by atoms with E-state index in [1.54, 1.807) is 36.3 Å². The normalized spacial score (nSPS) is 16.2. The van der Waals surface area contributed by atoms with E-state index in [4.69, 9.17) is 4.74 Å². The molecule has 2 N–H and O–H groups in total. The maximum atomic E-state index is 12.6. The van der Waals surface area contributed by atoms with Crippen LogP contribution in [0.5, 0.6) is 5.75 Å². The van der Waals surface area contributed by atoms with Crippen LogP contribution in [0.1, 0.15) is 18.4 Å². The zero-order valence-electron chi connectivity index (χ0n) is 15.0. The molecule has 6 heteroatoms. The molecule has 1 fully saturated rings. The molecule has 2 aromatic carbocycles. The van der Waals surface area contributed by atoms with Gasteiger partial charge in [0.05, 0.1) is 7.11 Å². The van der Waals surface area contributed by atoms with E-state index in [2.05, 4.69) is 10.6 Å². The van der Waals surface area contributed by atoms with Crippen LogP contribution in [0.3, 0.4) is 0 Å². The van der Waals surface area contributed by atoms with Gasteiger partial charge in [-0.25, -0.2) is 4.79 Å². The maximum Gasteiger partial charge on any atom is 0.322 e. The number of rotatable bonds is 4. The Bertz CT molecular complexity index is 789. The van der Waals surface area contributed by atoms with Gasteiger partial charge in [-0.3, -0.25) is 4.79 Å². The van der Waals surface area contributed by atoms with Crippen molar-refractivity contribution in [3.8, 4) is 5.75 Å². The van der Waals surface area contributed by atoms with E-state index in [1.165, 1.54) is 0 Å². The van der Waals surface area contributed by atoms with Gasteiger partial charge in [0.2, 0.25) is 5.91 Å². The largest absolute Gasteiger partial charge is 0.497 e. The van der Waals surface area contributed by atoms with E-state index in [-0.39, 0.29) is 11.9 Å². The number of nitrogens with one attached hydrogen (secondary N) is 2. The van der Waals surface area contributed by atoms with Crippen LogP contribution in [0.2, 0.25) is 0 Å². The van der Waals surface area contributed by atoms with E-state index in [1.807, 2.05) is 31.2 Å². The molecule has 26 heavy (non-hydrogen) atoms. The van der Waals surface area contributed by atoms with Crippen LogP contribution in [0.25, 0.3) is 0 Å². The highest BCUT2D eigenvalue weighted by Gasteiger charge is 2.34. The molecule has 0 spiro atoms. The molecule has 3 amide bonds. The van der Waals surface area contributed by atoms with Gasteiger partial charge >= 0.3 is 6.03 Å². The SMILES string of the molecule is COc1ccc(NC(=O)C2CCCN2C(=O)Nc2cccc(C)c2)cc1. The van der Waals surface area contributed by atoms with Crippen molar-refractivity contribution in [2.75, 3.05) is 24.3 Å². The minimum absolute atomic E-state index is 0.174. The summed E-state index contributed by atoms with van der Waals surface area (Å²) in [5.41, 5.74) is 2.48. The average Bonchev–Trinajstić information content (AvgIpc) is 3.12. The van der Waals surface area contributed by atoms with Crippen molar-refractivity contribution in [3.63, 3.8) is 0 Å². The van der Waals surface area contributed by atoms with E-state index in [0.717, 1.165) is 23.4 Å². The fourth-order valence-corrected chi connectivity index (χ4v) is 3.10. The molecule has 0 aromatic heterocycles. The summed E-state index contributed by atoms with van der Waals surface area (Å²) in [7, 11) is 1.59. The zero-order chi connectivity index (χ0) is 18.5. The highest BCUT2D eigenvalue weighted by Crippen LogP contribution is 2.22. The number of urea groups is 1. The van der Waals surface area contributed by atoms with Crippen molar-refractivity contribution in [3.05, 3.63) is 54.1 Å². The van der Waals surface area contributed by atoms with Crippen molar-refractivity contribution in [2.24, 2.45) is 0 Å². The number of methoxy groups -OCH3 is 1. The van der Waals surface area contributed by atoms with Gasteiger partial charge in [0.15, 0.2) is 0 Å². The Morgan fingerprint density at radius 3 is 2.54 bits per heavy atom. The average molecular weight is 353 g/mol. The van der Waals surface area contributed by atoms with Gasteiger partial charge in [0, 0.05) is 17.9 Å². The monoisotopic (exact) mass is 353 g/mol. The number of likely N-dealkylation sites (tertiary alicyclic amines) is 1. The number of nitrogens with zero attached hydrogens (tertiary/aromatic N) is 1. The Morgan fingerprint density at radius 1 is 1.08 bits per heavy atom. The third-order valence-electron chi connectivity index (χ3n) is 4.44. The van der Waals surface area contributed by atoms with E-state index < -0.39 is 6.04 Å². The van der Waals surface area contributed by atoms with Crippen LogP contribution < -0.4 is 15.4 Å². The van der Waals surface area contributed by atoms with Crippen LogP contribution in [0.15, 0.2) is 48.5 Å². The third kappa shape index (κ3) is 4.14. The molecule has 136 valence electrons. The van der Waals surface area contributed by atoms with Crippen LogP contribution in [-0.2, 0) is 4.79 Å². The number of aryl methyl sites for hydroxylation is 1. The molecule has 6 nitrogen and oxygen atoms in total. The maximum absolute atomic E-state index is 12.6. The topological polar surface area (TPSA) is 70.7 Å². The first-order valence-electron chi connectivity index (χ1n) is 8.66. The molecule has 1 aliphatic heterocycles. The van der Waals surface area contributed by atoms with Crippen molar-refractivity contribution in [1.82, 2.24) is 4.90 Å². The zero-order valence-corrected chi connectivity index (χ0v) is 15.0. The molecular weight excluding hydrogens is 330 g/mol. The van der Waals surface area contributed by atoms with E-state index in [9.17, 15) is 9.59 Å². The van der Waals surface area contributed by atoms with E-state index >= 15 is 0 Å². The lowest BCUT2D eigenvalue weighted by Crippen LogP contribution is -2.45. The van der Waals surface area contributed by atoms with Gasteiger partial charge in [-0.1, -0.05) is 12.1 Å². The molecule has 0 bridgehead atoms. The van der Waals surface area contributed by atoms with E-state index in [0.29, 0.717) is 18.7 Å². The second-order valence-corrected chi connectivity index (χ2v) is 6.37. The quantitative estimate of drug-likeness (QED) is 0.882. The standard InChI is InChI=1S/C20H23N3O3/c1-14-5-3-6-16(13-14)22-20(25)23-12-4-7-18(23)19(24)21-15-8-10-17(26-2)11-9-15/h3,5-6,8-11,13,18H,4,7,12H2,1-2H3,(H,21,24)(H,22,25). The molecule has 0 saturated carbocycles. The molecule has 1 aliphatic rings. The lowest BCUT2D eigenvalue weighted by Gasteiger charge is -2.24. The predicted octanol–water partition coefficient (Wildman–Crippen LogP) is 3.64. The lowest BCUT2D eigenvalue weighted by atomic mass is 10.2. The molecule has 2 aromatic rings. The molecular formula is C20H23N3O3. The Morgan fingerprint density at radius 2 is 1.85 bits per heavy atom. The summed E-state index contributed by atoms with van der Waals surface area (Å²) in [6, 6.07) is 14.0. The molecule has 1 unspecified atom stereocenters. The number of hydrogen-bond donors (Lipinski definition) is 2. The Hall–Kier alpha value is -3.02. The lowest BCUT2D eigenvalue weighted by molar-refractivity contribution is -0.119. The number of ether oxygens (including phenoxy) is 1.